The molecule has 0 spiro atoms. The smallest absolute Gasteiger partial charge is 0.272 e. The minimum absolute atomic E-state index is 0.0875. The molecule has 2 aromatic heterocycles. The van der Waals surface area contributed by atoms with Crippen molar-refractivity contribution in [3.05, 3.63) is 53.5 Å². The molecule has 1 amide bonds. The number of aromatic amines is 1. The van der Waals surface area contributed by atoms with Gasteiger partial charge in [0.25, 0.3) is 5.91 Å². The standard InChI is InChI=1S/C17H16N4O3/c1-23-16-5-3-2-4-12(16)13-8-14(20-19-13)17(22)21-7-6-15-11(10-21)9-18-24-15/h2-5,8-9H,6-7,10H2,1H3,(H,19,20). The van der Waals surface area contributed by atoms with Gasteiger partial charge in [0.15, 0.2) is 0 Å². The molecule has 1 aliphatic rings. The maximum Gasteiger partial charge on any atom is 0.272 e. The Morgan fingerprint density at radius 1 is 1.38 bits per heavy atom. The molecule has 0 atom stereocenters. The fourth-order valence-corrected chi connectivity index (χ4v) is 2.91. The summed E-state index contributed by atoms with van der Waals surface area (Å²) in [7, 11) is 1.61. The van der Waals surface area contributed by atoms with Gasteiger partial charge in [-0.3, -0.25) is 9.89 Å². The second-order valence-electron chi connectivity index (χ2n) is 5.62. The van der Waals surface area contributed by atoms with E-state index in [0.29, 0.717) is 30.9 Å². The van der Waals surface area contributed by atoms with Crippen LogP contribution in [0.5, 0.6) is 5.75 Å². The monoisotopic (exact) mass is 324 g/mol. The van der Waals surface area contributed by atoms with Crippen molar-refractivity contribution < 1.29 is 14.1 Å². The summed E-state index contributed by atoms with van der Waals surface area (Å²) in [5, 5.41) is 10.9. The number of rotatable bonds is 3. The van der Waals surface area contributed by atoms with Crippen molar-refractivity contribution in [2.45, 2.75) is 13.0 Å². The van der Waals surface area contributed by atoms with Gasteiger partial charge in [-0.1, -0.05) is 17.3 Å². The Hall–Kier alpha value is -3.09. The third-order valence-electron chi connectivity index (χ3n) is 4.18. The summed E-state index contributed by atoms with van der Waals surface area (Å²) in [4.78, 5) is 14.5. The molecule has 0 aliphatic carbocycles. The summed E-state index contributed by atoms with van der Waals surface area (Å²) in [5.41, 5.74) is 2.93. The average Bonchev–Trinajstić information content (AvgIpc) is 3.29. The number of hydrogen-bond acceptors (Lipinski definition) is 5. The molecule has 4 rings (SSSR count). The molecule has 0 bridgehead atoms. The van der Waals surface area contributed by atoms with Gasteiger partial charge in [0.1, 0.15) is 17.2 Å². The van der Waals surface area contributed by atoms with Crippen LogP contribution in [0.1, 0.15) is 21.8 Å². The first-order chi connectivity index (χ1) is 11.8. The van der Waals surface area contributed by atoms with Crippen LogP contribution in [-0.2, 0) is 13.0 Å². The Balaban J connectivity index is 1.58. The number of amides is 1. The van der Waals surface area contributed by atoms with Crippen molar-refractivity contribution in [1.29, 1.82) is 0 Å². The largest absolute Gasteiger partial charge is 0.496 e. The number of benzene rings is 1. The van der Waals surface area contributed by atoms with Gasteiger partial charge in [0, 0.05) is 24.1 Å². The fraction of sp³-hybridized carbons (Fsp3) is 0.235. The SMILES string of the molecule is COc1ccccc1-c1cc(C(=O)N2CCc3oncc3C2)[nH]n1. The number of ether oxygens (including phenoxy) is 1. The van der Waals surface area contributed by atoms with E-state index in [1.54, 1.807) is 24.3 Å². The van der Waals surface area contributed by atoms with Gasteiger partial charge in [-0.15, -0.1) is 0 Å². The van der Waals surface area contributed by atoms with Crippen LogP contribution in [0.15, 0.2) is 41.1 Å². The summed E-state index contributed by atoms with van der Waals surface area (Å²) in [5.74, 6) is 1.49. The third kappa shape index (κ3) is 2.44. The fourth-order valence-electron chi connectivity index (χ4n) is 2.91. The van der Waals surface area contributed by atoms with E-state index in [1.165, 1.54) is 0 Å². The molecule has 3 aromatic rings. The highest BCUT2D eigenvalue weighted by Crippen LogP contribution is 2.29. The van der Waals surface area contributed by atoms with Gasteiger partial charge in [-0.25, -0.2) is 0 Å². The van der Waals surface area contributed by atoms with Crippen molar-refractivity contribution >= 4 is 5.91 Å². The van der Waals surface area contributed by atoms with E-state index in [1.807, 2.05) is 24.3 Å². The molecular weight excluding hydrogens is 308 g/mol. The molecule has 0 saturated carbocycles. The zero-order chi connectivity index (χ0) is 16.5. The van der Waals surface area contributed by atoms with Gasteiger partial charge < -0.3 is 14.2 Å². The Morgan fingerprint density at radius 2 is 2.25 bits per heavy atom. The van der Waals surface area contributed by atoms with Crippen LogP contribution in [0.4, 0.5) is 0 Å². The number of nitrogens with one attached hydrogen (secondary N) is 1. The zero-order valence-corrected chi connectivity index (χ0v) is 13.2. The highest BCUT2D eigenvalue weighted by atomic mass is 16.5. The maximum atomic E-state index is 12.7. The van der Waals surface area contributed by atoms with Crippen molar-refractivity contribution in [1.82, 2.24) is 20.3 Å². The lowest BCUT2D eigenvalue weighted by atomic mass is 10.1. The number of aromatic nitrogens is 3. The summed E-state index contributed by atoms with van der Waals surface area (Å²) >= 11 is 0. The van der Waals surface area contributed by atoms with E-state index in [0.717, 1.165) is 22.6 Å². The Bertz CT molecular complexity index is 883. The summed E-state index contributed by atoms with van der Waals surface area (Å²) in [6, 6.07) is 9.33. The molecular formula is C17H16N4O3. The molecule has 122 valence electrons. The van der Waals surface area contributed by atoms with Crippen molar-refractivity contribution in [2.75, 3.05) is 13.7 Å². The topological polar surface area (TPSA) is 84.2 Å². The number of carbonyl (C=O) groups excluding carboxylic acids is 1. The molecule has 1 N–H and O–H groups in total. The Labute approximate surface area is 138 Å². The highest BCUT2D eigenvalue weighted by molar-refractivity contribution is 5.93. The summed E-state index contributed by atoms with van der Waals surface area (Å²) in [6.07, 6.45) is 2.34. The predicted octanol–water partition coefficient (Wildman–Crippen LogP) is 2.27. The van der Waals surface area contributed by atoms with Gasteiger partial charge >= 0.3 is 0 Å². The van der Waals surface area contributed by atoms with E-state index in [4.69, 9.17) is 9.26 Å². The normalized spacial score (nSPS) is 13.6. The molecule has 0 saturated heterocycles. The molecule has 3 heterocycles. The number of H-pyrrole nitrogens is 1. The molecule has 0 fully saturated rings. The van der Waals surface area contributed by atoms with Gasteiger partial charge in [0.2, 0.25) is 0 Å². The van der Waals surface area contributed by atoms with Crippen molar-refractivity contribution in [3.63, 3.8) is 0 Å². The third-order valence-corrected chi connectivity index (χ3v) is 4.18. The van der Waals surface area contributed by atoms with Crippen LogP contribution < -0.4 is 4.74 Å². The summed E-state index contributed by atoms with van der Waals surface area (Å²) < 4.78 is 10.5. The van der Waals surface area contributed by atoms with E-state index in [2.05, 4.69) is 15.4 Å². The number of hydrogen-bond donors (Lipinski definition) is 1. The van der Waals surface area contributed by atoms with Crippen LogP contribution in [-0.4, -0.2) is 39.8 Å². The molecule has 24 heavy (non-hydrogen) atoms. The molecule has 0 radical (unpaired) electrons. The Morgan fingerprint density at radius 3 is 3.12 bits per heavy atom. The van der Waals surface area contributed by atoms with Gasteiger partial charge in [-0.2, -0.15) is 5.10 Å². The quantitative estimate of drug-likeness (QED) is 0.799. The second-order valence-corrected chi connectivity index (χ2v) is 5.62. The molecule has 1 aromatic carbocycles. The van der Waals surface area contributed by atoms with Gasteiger partial charge in [0.05, 0.1) is 25.5 Å². The maximum absolute atomic E-state index is 12.7. The van der Waals surface area contributed by atoms with Crippen LogP contribution in [0.3, 0.4) is 0 Å². The first-order valence-electron chi connectivity index (χ1n) is 7.67. The molecule has 0 unspecified atom stereocenters. The number of carbonyl (C=O) groups is 1. The number of para-hydroxylation sites is 1. The lowest BCUT2D eigenvalue weighted by Gasteiger charge is -2.24. The lowest BCUT2D eigenvalue weighted by Crippen LogP contribution is -2.35. The molecule has 1 aliphatic heterocycles. The van der Waals surface area contributed by atoms with Crippen LogP contribution in [0.25, 0.3) is 11.3 Å². The number of nitrogens with zero attached hydrogens (tertiary/aromatic N) is 3. The van der Waals surface area contributed by atoms with Crippen molar-refractivity contribution in [2.24, 2.45) is 0 Å². The van der Waals surface area contributed by atoms with E-state index in [-0.39, 0.29) is 5.91 Å². The van der Waals surface area contributed by atoms with E-state index >= 15 is 0 Å². The van der Waals surface area contributed by atoms with Gasteiger partial charge in [-0.05, 0) is 18.2 Å². The zero-order valence-electron chi connectivity index (χ0n) is 13.2. The van der Waals surface area contributed by atoms with Crippen LogP contribution in [0, 0.1) is 0 Å². The van der Waals surface area contributed by atoms with E-state index < -0.39 is 0 Å². The Kier molecular flexibility index (Phi) is 3.53. The average molecular weight is 324 g/mol. The van der Waals surface area contributed by atoms with E-state index in [9.17, 15) is 4.79 Å². The summed E-state index contributed by atoms with van der Waals surface area (Å²) in [6.45, 7) is 1.10. The van der Waals surface area contributed by atoms with Crippen LogP contribution >= 0.6 is 0 Å². The number of fused-ring (bicyclic) bond motifs is 1. The van der Waals surface area contributed by atoms with Crippen LogP contribution in [0.2, 0.25) is 0 Å². The molecule has 7 nitrogen and oxygen atoms in total. The lowest BCUT2D eigenvalue weighted by molar-refractivity contribution is 0.0723. The highest BCUT2D eigenvalue weighted by Gasteiger charge is 2.25. The predicted molar refractivity (Wildman–Crippen MR) is 85.5 cm³/mol. The first-order valence-corrected chi connectivity index (χ1v) is 7.67. The molecule has 7 heteroatoms. The second kappa shape index (κ2) is 5.84. The first kappa shape index (κ1) is 14.5. The van der Waals surface area contributed by atoms with Crippen molar-refractivity contribution in [3.8, 4) is 17.0 Å². The minimum atomic E-state index is -0.0875. The minimum Gasteiger partial charge on any atom is -0.496 e. The number of methoxy groups -OCH3 is 1.